The lowest BCUT2D eigenvalue weighted by Crippen LogP contribution is -2.40. The van der Waals surface area contributed by atoms with E-state index in [1.165, 1.54) is 19.3 Å². The van der Waals surface area contributed by atoms with Crippen molar-refractivity contribution in [3.63, 3.8) is 0 Å². The number of nitrogens with one attached hydrogen (secondary N) is 1. The third kappa shape index (κ3) is 3.87. The second-order valence-electron chi connectivity index (χ2n) is 6.06. The summed E-state index contributed by atoms with van der Waals surface area (Å²) < 4.78 is 0. The van der Waals surface area contributed by atoms with Crippen molar-refractivity contribution in [3.05, 3.63) is 33.8 Å². The van der Waals surface area contributed by atoms with Crippen LogP contribution in [-0.2, 0) is 0 Å². The van der Waals surface area contributed by atoms with Gasteiger partial charge in [-0.1, -0.05) is 43.1 Å². The van der Waals surface area contributed by atoms with Gasteiger partial charge in [-0.2, -0.15) is 0 Å². The molecule has 1 saturated carbocycles. The predicted octanol–water partition coefficient (Wildman–Crippen LogP) is 5.47. The van der Waals surface area contributed by atoms with E-state index in [0.717, 1.165) is 22.4 Å². The molecule has 0 spiro atoms. The molecular formula is C16H23Cl2N. The third-order valence-corrected chi connectivity index (χ3v) is 4.89. The van der Waals surface area contributed by atoms with E-state index in [1.54, 1.807) is 0 Å². The van der Waals surface area contributed by atoms with Crippen molar-refractivity contribution in [2.75, 3.05) is 0 Å². The standard InChI is InChI=1S/C16H23Cl2N/c1-10-4-7-16(11(2)8-10)19-12(3)14-6-5-13(17)9-15(14)18/h5-6,9-12,16,19H,4,7-8H2,1-3H3. The van der Waals surface area contributed by atoms with Gasteiger partial charge >= 0.3 is 0 Å². The zero-order valence-corrected chi connectivity index (χ0v) is 13.4. The first kappa shape index (κ1) is 15.2. The van der Waals surface area contributed by atoms with Gasteiger partial charge in [-0.15, -0.1) is 0 Å². The average molecular weight is 300 g/mol. The molecule has 1 aliphatic carbocycles. The van der Waals surface area contributed by atoms with Crippen LogP contribution in [0.15, 0.2) is 18.2 Å². The van der Waals surface area contributed by atoms with Gasteiger partial charge in [0.1, 0.15) is 0 Å². The molecule has 2 rings (SSSR count). The summed E-state index contributed by atoms with van der Waals surface area (Å²) in [5.74, 6) is 1.60. The summed E-state index contributed by atoms with van der Waals surface area (Å²) in [6, 6.07) is 6.62. The van der Waals surface area contributed by atoms with Crippen LogP contribution in [0.3, 0.4) is 0 Å². The summed E-state index contributed by atoms with van der Waals surface area (Å²) in [5, 5.41) is 5.19. The van der Waals surface area contributed by atoms with Crippen LogP contribution in [0.1, 0.15) is 51.6 Å². The van der Waals surface area contributed by atoms with E-state index in [1.807, 2.05) is 18.2 Å². The quantitative estimate of drug-likeness (QED) is 0.780. The first-order valence-electron chi connectivity index (χ1n) is 7.18. The highest BCUT2D eigenvalue weighted by atomic mass is 35.5. The molecule has 0 saturated heterocycles. The van der Waals surface area contributed by atoms with Crippen LogP contribution < -0.4 is 5.32 Å². The molecule has 3 heteroatoms. The highest BCUT2D eigenvalue weighted by Crippen LogP contribution is 2.32. The third-order valence-electron chi connectivity index (χ3n) is 4.32. The van der Waals surface area contributed by atoms with Crippen molar-refractivity contribution in [2.45, 2.75) is 52.1 Å². The molecular weight excluding hydrogens is 277 g/mol. The molecule has 0 amide bonds. The van der Waals surface area contributed by atoms with Gasteiger partial charge in [0.15, 0.2) is 0 Å². The number of halogens is 2. The Bertz CT molecular complexity index is 433. The fourth-order valence-corrected chi connectivity index (χ4v) is 3.75. The van der Waals surface area contributed by atoms with Crippen LogP contribution in [0.4, 0.5) is 0 Å². The second-order valence-corrected chi connectivity index (χ2v) is 6.90. The lowest BCUT2D eigenvalue weighted by atomic mass is 9.79. The van der Waals surface area contributed by atoms with Crippen molar-refractivity contribution < 1.29 is 0 Å². The zero-order chi connectivity index (χ0) is 14.0. The van der Waals surface area contributed by atoms with Gasteiger partial charge in [0, 0.05) is 22.1 Å². The van der Waals surface area contributed by atoms with E-state index in [9.17, 15) is 0 Å². The second kappa shape index (κ2) is 6.47. The first-order valence-corrected chi connectivity index (χ1v) is 7.94. The topological polar surface area (TPSA) is 12.0 Å². The Morgan fingerprint density at radius 1 is 1.21 bits per heavy atom. The molecule has 1 aromatic carbocycles. The Morgan fingerprint density at radius 3 is 2.58 bits per heavy atom. The van der Waals surface area contributed by atoms with Crippen LogP contribution in [0.5, 0.6) is 0 Å². The molecule has 0 bridgehead atoms. The lowest BCUT2D eigenvalue weighted by molar-refractivity contribution is 0.216. The maximum atomic E-state index is 6.28. The van der Waals surface area contributed by atoms with E-state index >= 15 is 0 Å². The minimum Gasteiger partial charge on any atom is -0.307 e. The number of hydrogen-bond acceptors (Lipinski definition) is 1. The van der Waals surface area contributed by atoms with E-state index in [2.05, 4.69) is 26.1 Å². The summed E-state index contributed by atoms with van der Waals surface area (Å²) in [6.07, 6.45) is 3.90. The molecule has 0 radical (unpaired) electrons. The highest BCUT2D eigenvalue weighted by molar-refractivity contribution is 6.35. The molecule has 0 heterocycles. The Labute approximate surface area is 126 Å². The Hall–Kier alpha value is -0.240. The van der Waals surface area contributed by atoms with Crippen LogP contribution in [0.25, 0.3) is 0 Å². The summed E-state index contributed by atoms with van der Waals surface area (Å²) in [4.78, 5) is 0. The van der Waals surface area contributed by atoms with Crippen molar-refractivity contribution in [2.24, 2.45) is 11.8 Å². The van der Waals surface area contributed by atoms with E-state index in [4.69, 9.17) is 23.2 Å². The highest BCUT2D eigenvalue weighted by Gasteiger charge is 2.26. The van der Waals surface area contributed by atoms with Crippen LogP contribution in [-0.4, -0.2) is 6.04 Å². The van der Waals surface area contributed by atoms with Crippen molar-refractivity contribution in [1.29, 1.82) is 0 Å². The van der Waals surface area contributed by atoms with E-state index in [0.29, 0.717) is 11.1 Å². The number of rotatable bonds is 3. The zero-order valence-electron chi connectivity index (χ0n) is 11.9. The minimum atomic E-state index is 0.269. The SMILES string of the molecule is CC1CCC(NC(C)c2ccc(Cl)cc2Cl)C(C)C1. The van der Waals surface area contributed by atoms with Gasteiger partial charge in [-0.3, -0.25) is 0 Å². The van der Waals surface area contributed by atoms with Crippen LogP contribution >= 0.6 is 23.2 Å². The summed E-state index contributed by atoms with van der Waals surface area (Å²) in [7, 11) is 0. The molecule has 0 aliphatic heterocycles. The Balaban J connectivity index is 2.02. The normalized spacial score (nSPS) is 29.2. The fourth-order valence-electron chi connectivity index (χ4n) is 3.18. The molecule has 4 atom stereocenters. The molecule has 1 aliphatic rings. The van der Waals surface area contributed by atoms with Gasteiger partial charge in [0.25, 0.3) is 0 Å². The summed E-state index contributed by atoms with van der Waals surface area (Å²) in [6.45, 7) is 6.88. The molecule has 1 N–H and O–H groups in total. The molecule has 4 unspecified atom stereocenters. The molecule has 106 valence electrons. The number of hydrogen-bond donors (Lipinski definition) is 1. The lowest BCUT2D eigenvalue weighted by Gasteiger charge is -2.35. The fraction of sp³-hybridized carbons (Fsp3) is 0.625. The summed E-state index contributed by atoms with van der Waals surface area (Å²) >= 11 is 12.2. The molecule has 0 aromatic heterocycles. The summed E-state index contributed by atoms with van der Waals surface area (Å²) in [5.41, 5.74) is 1.14. The van der Waals surface area contributed by atoms with Gasteiger partial charge < -0.3 is 5.32 Å². The monoisotopic (exact) mass is 299 g/mol. The molecule has 1 aromatic rings. The van der Waals surface area contributed by atoms with Crippen molar-refractivity contribution >= 4 is 23.2 Å². The Kier molecular flexibility index (Phi) is 5.16. The maximum Gasteiger partial charge on any atom is 0.0468 e. The number of benzene rings is 1. The molecule has 1 fully saturated rings. The molecule has 19 heavy (non-hydrogen) atoms. The van der Waals surface area contributed by atoms with E-state index < -0.39 is 0 Å². The van der Waals surface area contributed by atoms with Crippen molar-refractivity contribution in [1.82, 2.24) is 5.32 Å². The van der Waals surface area contributed by atoms with Crippen molar-refractivity contribution in [3.8, 4) is 0 Å². The maximum absolute atomic E-state index is 6.28. The van der Waals surface area contributed by atoms with Gasteiger partial charge in [0.05, 0.1) is 0 Å². The average Bonchev–Trinajstić information content (AvgIpc) is 2.32. The smallest absolute Gasteiger partial charge is 0.0468 e. The Morgan fingerprint density at radius 2 is 1.95 bits per heavy atom. The molecule has 1 nitrogen and oxygen atoms in total. The first-order chi connectivity index (χ1) is 8.97. The largest absolute Gasteiger partial charge is 0.307 e. The van der Waals surface area contributed by atoms with Gasteiger partial charge in [0.2, 0.25) is 0 Å². The van der Waals surface area contributed by atoms with Gasteiger partial charge in [-0.05, 0) is 55.7 Å². The minimum absolute atomic E-state index is 0.269. The van der Waals surface area contributed by atoms with Crippen LogP contribution in [0.2, 0.25) is 10.0 Å². The van der Waals surface area contributed by atoms with Gasteiger partial charge in [-0.25, -0.2) is 0 Å². The predicted molar refractivity (Wildman–Crippen MR) is 84.0 cm³/mol. The van der Waals surface area contributed by atoms with E-state index in [-0.39, 0.29) is 6.04 Å². The van der Waals surface area contributed by atoms with Crippen LogP contribution in [0, 0.1) is 11.8 Å².